The van der Waals surface area contributed by atoms with E-state index in [-0.39, 0.29) is 6.42 Å². The minimum absolute atomic E-state index is 0.234. The molecular weight excluding hydrogens is 247 g/mol. The van der Waals surface area contributed by atoms with Crippen molar-refractivity contribution in [1.82, 2.24) is 0 Å². The number of halogens is 2. The molecule has 0 radical (unpaired) electrons. The van der Waals surface area contributed by atoms with Gasteiger partial charge in [-0.05, 0) is 24.6 Å². The van der Waals surface area contributed by atoms with Crippen LogP contribution in [0.4, 0.5) is 10.1 Å². The highest BCUT2D eigenvalue weighted by Crippen LogP contribution is 2.22. The van der Waals surface area contributed by atoms with Crippen LogP contribution in [0.1, 0.15) is 6.42 Å². The van der Waals surface area contributed by atoms with Gasteiger partial charge in [-0.2, -0.15) is 0 Å². The molecular formula is C11H14ClFN2O2. The zero-order valence-corrected chi connectivity index (χ0v) is 10.1. The largest absolute Gasteiger partial charge is 0.480 e. The first-order valence-corrected chi connectivity index (χ1v) is 5.44. The summed E-state index contributed by atoms with van der Waals surface area (Å²) in [6, 6.07) is 3.27. The van der Waals surface area contributed by atoms with Gasteiger partial charge in [0.2, 0.25) is 0 Å². The number of hydrogen-bond donors (Lipinski definition) is 2. The van der Waals surface area contributed by atoms with Crippen LogP contribution in [-0.2, 0) is 4.79 Å². The Labute approximate surface area is 104 Å². The maximum Gasteiger partial charge on any atom is 0.320 e. The van der Waals surface area contributed by atoms with Gasteiger partial charge in [-0.3, -0.25) is 4.79 Å². The molecule has 0 bridgehead atoms. The third-order valence-corrected chi connectivity index (χ3v) is 2.65. The van der Waals surface area contributed by atoms with Crippen LogP contribution in [-0.4, -0.2) is 30.7 Å². The topological polar surface area (TPSA) is 66.6 Å². The number of carboxylic acids is 1. The van der Waals surface area contributed by atoms with E-state index in [1.165, 1.54) is 18.2 Å². The molecule has 0 spiro atoms. The molecule has 0 aromatic heterocycles. The van der Waals surface area contributed by atoms with Gasteiger partial charge in [0.05, 0.1) is 5.69 Å². The molecule has 1 aromatic carbocycles. The van der Waals surface area contributed by atoms with Crippen LogP contribution >= 0.6 is 11.6 Å². The Morgan fingerprint density at radius 3 is 2.88 bits per heavy atom. The maximum absolute atomic E-state index is 13.5. The normalized spacial score (nSPS) is 12.2. The molecule has 0 aliphatic rings. The summed E-state index contributed by atoms with van der Waals surface area (Å²) < 4.78 is 13.5. The Morgan fingerprint density at radius 2 is 2.29 bits per heavy atom. The van der Waals surface area contributed by atoms with Crippen molar-refractivity contribution in [2.75, 3.05) is 18.5 Å². The Kier molecular flexibility index (Phi) is 4.72. The Bertz CT molecular complexity index is 414. The number of benzene rings is 1. The monoisotopic (exact) mass is 260 g/mol. The second-order valence-electron chi connectivity index (χ2n) is 3.75. The molecule has 3 N–H and O–H groups in total. The lowest BCUT2D eigenvalue weighted by atomic mass is 10.2. The minimum atomic E-state index is -1.06. The molecule has 17 heavy (non-hydrogen) atoms. The lowest BCUT2D eigenvalue weighted by Crippen LogP contribution is -2.34. The van der Waals surface area contributed by atoms with Crippen LogP contribution in [0.3, 0.4) is 0 Å². The SMILES string of the molecule is CN(CCC(N)C(=O)O)c1cc(Cl)ccc1F. The molecule has 0 saturated heterocycles. The van der Waals surface area contributed by atoms with Crippen molar-refractivity contribution >= 4 is 23.3 Å². The molecule has 4 nitrogen and oxygen atoms in total. The van der Waals surface area contributed by atoms with Gasteiger partial charge in [0, 0.05) is 18.6 Å². The number of hydrogen-bond acceptors (Lipinski definition) is 3. The Balaban J connectivity index is 2.66. The highest BCUT2D eigenvalue weighted by Gasteiger charge is 2.14. The molecule has 1 unspecified atom stereocenters. The summed E-state index contributed by atoms with van der Waals surface area (Å²) >= 11 is 5.76. The lowest BCUT2D eigenvalue weighted by Gasteiger charge is -2.21. The highest BCUT2D eigenvalue weighted by molar-refractivity contribution is 6.30. The fraction of sp³-hybridized carbons (Fsp3) is 0.364. The molecule has 1 rings (SSSR count). The van der Waals surface area contributed by atoms with Crippen LogP contribution in [0.5, 0.6) is 0 Å². The van der Waals surface area contributed by atoms with Crippen molar-refractivity contribution < 1.29 is 14.3 Å². The summed E-state index contributed by atoms with van der Waals surface area (Å²) in [4.78, 5) is 12.1. The fourth-order valence-electron chi connectivity index (χ4n) is 1.36. The summed E-state index contributed by atoms with van der Waals surface area (Å²) in [7, 11) is 1.66. The molecule has 0 aliphatic carbocycles. The number of anilines is 1. The second kappa shape index (κ2) is 5.84. The van der Waals surface area contributed by atoms with E-state index in [1.807, 2.05) is 0 Å². The van der Waals surface area contributed by atoms with Gasteiger partial charge in [0.25, 0.3) is 0 Å². The molecule has 0 aliphatic heterocycles. The highest BCUT2D eigenvalue weighted by atomic mass is 35.5. The predicted molar refractivity (Wildman–Crippen MR) is 64.9 cm³/mol. The molecule has 0 amide bonds. The molecule has 6 heteroatoms. The molecule has 0 heterocycles. The first kappa shape index (κ1) is 13.7. The van der Waals surface area contributed by atoms with E-state index in [9.17, 15) is 9.18 Å². The van der Waals surface area contributed by atoms with E-state index in [4.69, 9.17) is 22.4 Å². The second-order valence-corrected chi connectivity index (χ2v) is 4.19. The van der Waals surface area contributed by atoms with E-state index in [2.05, 4.69) is 0 Å². The smallest absolute Gasteiger partial charge is 0.320 e. The van der Waals surface area contributed by atoms with E-state index in [1.54, 1.807) is 11.9 Å². The minimum Gasteiger partial charge on any atom is -0.480 e. The number of aliphatic carboxylic acids is 1. The molecule has 0 saturated carbocycles. The lowest BCUT2D eigenvalue weighted by molar-refractivity contribution is -0.138. The number of carbonyl (C=O) groups is 1. The number of carboxylic acid groups (broad SMARTS) is 1. The summed E-state index contributed by atoms with van der Waals surface area (Å²) in [6.45, 7) is 0.338. The first-order chi connectivity index (χ1) is 7.91. The third-order valence-electron chi connectivity index (χ3n) is 2.41. The number of nitrogens with two attached hydrogens (primary N) is 1. The zero-order valence-electron chi connectivity index (χ0n) is 9.36. The quantitative estimate of drug-likeness (QED) is 0.846. The first-order valence-electron chi connectivity index (χ1n) is 5.06. The summed E-state index contributed by atoms with van der Waals surface area (Å²) in [5.74, 6) is -1.47. The van der Waals surface area contributed by atoms with Crippen LogP contribution in [0.15, 0.2) is 18.2 Å². The van der Waals surface area contributed by atoms with Gasteiger partial charge in [0.1, 0.15) is 11.9 Å². The maximum atomic E-state index is 13.5. The van der Waals surface area contributed by atoms with Crippen LogP contribution < -0.4 is 10.6 Å². The van der Waals surface area contributed by atoms with Crippen molar-refractivity contribution in [3.8, 4) is 0 Å². The predicted octanol–water partition coefficient (Wildman–Crippen LogP) is 1.72. The summed E-state index contributed by atoms with van der Waals surface area (Å²) in [5, 5.41) is 9.05. The van der Waals surface area contributed by atoms with Gasteiger partial charge in [-0.15, -0.1) is 0 Å². The third kappa shape index (κ3) is 3.87. The number of rotatable bonds is 5. The van der Waals surface area contributed by atoms with Crippen molar-refractivity contribution in [2.45, 2.75) is 12.5 Å². The van der Waals surface area contributed by atoms with Gasteiger partial charge in [-0.1, -0.05) is 11.6 Å². The van der Waals surface area contributed by atoms with Gasteiger partial charge < -0.3 is 15.7 Å². The molecule has 1 atom stereocenters. The van der Waals surface area contributed by atoms with Crippen LogP contribution in [0.2, 0.25) is 5.02 Å². The Morgan fingerprint density at radius 1 is 1.65 bits per heavy atom. The average Bonchev–Trinajstić information content (AvgIpc) is 2.28. The summed E-state index contributed by atoms with van der Waals surface area (Å²) in [6.07, 6.45) is 0.234. The van der Waals surface area contributed by atoms with Gasteiger partial charge in [0.15, 0.2) is 0 Å². The molecule has 94 valence electrons. The van der Waals surface area contributed by atoms with Crippen molar-refractivity contribution in [2.24, 2.45) is 5.73 Å². The Hall–Kier alpha value is -1.33. The van der Waals surface area contributed by atoms with E-state index in [0.717, 1.165) is 0 Å². The zero-order chi connectivity index (χ0) is 13.0. The van der Waals surface area contributed by atoms with Crippen LogP contribution in [0, 0.1) is 5.82 Å². The number of nitrogens with zero attached hydrogens (tertiary/aromatic N) is 1. The fourth-order valence-corrected chi connectivity index (χ4v) is 1.52. The average molecular weight is 261 g/mol. The van der Waals surface area contributed by atoms with Gasteiger partial charge in [-0.25, -0.2) is 4.39 Å². The molecule has 0 fully saturated rings. The standard InChI is InChI=1S/C11H14ClFN2O2/c1-15(5-4-9(14)11(16)17)10-6-7(12)2-3-8(10)13/h2-3,6,9H,4-5,14H2,1H3,(H,16,17). The van der Waals surface area contributed by atoms with Gasteiger partial charge >= 0.3 is 5.97 Å². The van der Waals surface area contributed by atoms with Crippen molar-refractivity contribution in [1.29, 1.82) is 0 Å². The van der Waals surface area contributed by atoms with E-state index < -0.39 is 17.8 Å². The summed E-state index contributed by atoms with van der Waals surface area (Å²) in [5.41, 5.74) is 5.69. The van der Waals surface area contributed by atoms with Crippen LogP contribution in [0.25, 0.3) is 0 Å². The van der Waals surface area contributed by atoms with Crippen molar-refractivity contribution in [3.05, 3.63) is 29.0 Å². The van der Waals surface area contributed by atoms with E-state index >= 15 is 0 Å². The van der Waals surface area contributed by atoms with E-state index in [0.29, 0.717) is 17.3 Å². The van der Waals surface area contributed by atoms with Crippen molar-refractivity contribution in [3.63, 3.8) is 0 Å². The molecule has 1 aromatic rings.